The van der Waals surface area contributed by atoms with Gasteiger partial charge in [0.2, 0.25) is 5.91 Å². The fraction of sp³-hybridized carbons (Fsp3) is 0.318. The van der Waals surface area contributed by atoms with E-state index < -0.39 is 0 Å². The molecule has 8 heteroatoms. The van der Waals surface area contributed by atoms with E-state index in [-0.39, 0.29) is 17.7 Å². The number of nitrogens with one attached hydrogen (secondary N) is 1. The number of piperidine rings is 1. The zero-order valence-electron chi connectivity index (χ0n) is 16.6. The van der Waals surface area contributed by atoms with Gasteiger partial charge in [0.1, 0.15) is 5.75 Å². The molecule has 2 aromatic carbocycles. The Morgan fingerprint density at radius 1 is 1.17 bits per heavy atom. The summed E-state index contributed by atoms with van der Waals surface area (Å²) in [5.74, 6) is 0.310. The first kappa shape index (κ1) is 22.1. The summed E-state index contributed by atoms with van der Waals surface area (Å²) >= 11 is 12.0. The molecule has 6 nitrogen and oxygen atoms in total. The molecule has 158 valence electrons. The lowest BCUT2D eigenvalue weighted by Gasteiger charge is -2.31. The molecule has 1 fully saturated rings. The minimum atomic E-state index is -0.188. The highest BCUT2D eigenvalue weighted by Crippen LogP contribution is 2.25. The van der Waals surface area contributed by atoms with Crippen LogP contribution in [-0.2, 0) is 4.79 Å². The number of halogens is 2. The number of rotatable bonds is 6. The maximum absolute atomic E-state index is 12.7. The van der Waals surface area contributed by atoms with Gasteiger partial charge >= 0.3 is 0 Å². The minimum Gasteiger partial charge on any atom is -0.494 e. The molecule has 0 bridgehead atoms. The number of hydrogen-bond donors (Lipinski definition) is 1. The third kappa shape index (κ3) is 5.74. The van der Waals surface area contributed by atoms with Crippen molar-refractivity contribution in [2.24, 2.45) is 11.0 Å². The van der Waals surface area contributed by atoms with Crippen molar-refractivity contribution in [3.63, 3.8) is 0 Å². The van der Waals surface area contributed by atoms with Crippen LogP contribution in [0, 0.1) is 5.92 Å². The Morgan fingerprint density at radius 2 is 1.87 bits per heavy atom. The van der Waals surface area contributed by atoms with Crippen LogP contribution in [0.5, 0.6) is 5.75 Å². The predicted molar refractivity (Wildman–Crippen MR) is 118 cm³/mol. The van der Waals surface area contributed by atoms with Crippen LogP contribution in [0.2, 0.25) is 10.0 Å². The van der Waals surface area contributed by atoms with Crippen molar-refractivity contribution in [3.05, 3.63) is 63.6 Å². The van der Waals surface area contributed by atoms with E-state index in [1.54, 1.807) is 29.3 Å². The van der Waals surface area contributed by atoms with Crippen LogP contribution in [0.15, 0.2) is 47.6 Å². The highest BCUT2D eigenvalue weighted by atomic mass is 35.5. The van der Waals surface area contributed by atoms with Gasteiger partial charge < -0.3 is 9.64 Å². The summed E-state index contributed by atoms with van der Waals surface area (Å²) in [6, 6.07) is 12.3. The van der Waals surface area contributed by atoms with Crippen molar-refractivity contribution in [2.75, 3.05) is 19.7 Å². The second-order valence-corrected chi connectivity index (χ2v) is 7.77. The number of carbonyl (C=O) groups excluding carboxylic acids is 2. The maximum Gasteiger partial charge on any atom is 0.255 e. The van der Waals surface area contributed by atoms with Gasteiger partial charge in [-0.2, -0.15) is 5.10 Å². The van der Waals surface area contributed by atoms with E-state index in [1.165, 1.54) is 0 Å². The molecule has 0 radical (unpaired) electrons. The fourth-order valence-corrected chi connectivity index (χ4v) is 3.75. The zero-order chi connectivity index (χ0) is 21.5. The Bertz CT molecular complexity index is 924. The van der Waals surface area contributed by atoms with Crippen LogP contribution < -0.4 is 10.2 Å². The summed E-state index contributed by atoms with van der Waals surface area (Å²) in [7, 11) is 0. The topological polar surface area (TPSA) is 71.0 Å². The van der Waals surface area contributed by atoms with E-state index in [4.69, 9.17) is 27.9 Å². The van der Waals surface area contributed by atoms with Crippen molar-refractivity contribution >= 4 is 41.2 Å². The van der Waals surface area contributed by atoms with Crippen LogP contribution >= 0.6 is 23.2 Å². The molecule has 30 heavy (non-hydrogen) atoms. The summed E-state index contributed by atoms with van der Waals surface area (Å²) in [6.07, 6.45) is 2.73. The molecule has 0 aromatic heterocycles. The zero-order valence-corrected chi connectivity index (χ0v) is 18.1. The molecule has 2 amide bonds. The lowest BCUT2D eigenvalue weighted by molar-refractivity contribution is -0.126. The lowest BCUT2D eigenvalue weighted by atomic mass is 9.95. The molecule has 0 aliphatic carbocycles. The van der Waals surface area contributed by atoms with E-state index >= 15 is 0 Å². The van der Waals surface area contributed by atoms with Crippen molar-refractivity contribution in [2.45, 2.75) is 19.8 Å². The van der Waals surface area contributed by atoms with Crippen molar-refractivity contribution in [1.29, 1.82) is 0 Å². The van der Waals surface area contributed by atoms with Crippen LogP contribution in [0.3, 0.4) is 0 Å². The highest BCUT2D eigenvalue weighted by Gasteiger charge is 2.28. The molecule has 0 atom stereocenters. The molecule has 0 saturated carbocycles. The van der Waals surface area contributed by atoms with Gasteiger partial charge in [0.25, 0.3) is 5.91 Å². The summed E-state index contributed by atoms with van der Waals surface area (Å²) < 4.78 is 5.39. The SMILES string of the molecule is CCOc1ccc(/C=N\NC(=O)C2CCN(C(=O)c3ccc(Cl)cc3Cl)CC2)cc1. The molecule has 1 aliphatic rings. The van der Waals surface area contributed by atoms with E-state index in [0.29, 0.717) is 48.1 Å². The second kappa shape index (κ2) is 10.5. The fourth-order valence-electron chi connectivity index (χ4n) is 3.26. The smallest absolute Gasteiger partial charge is 0.255 e. The molecule has 3 rings (SSSR count). The van der Waals surface area contributed by atoms with E-state index in [2.05, 4.69) is 10.5 Å². The van der Waals surface area contributed by atoms with E-state index in [1.807, 2.05) is 31.2 Å². The number of carbonyl (C=O) groups is 2. The van der Waals surface area contributed by atoms with Gasteiger partial charge in [-0.1, -0.05) is 23.2 Å². The number of nitrogens with zero attached hydrogens (tertiary/aromatic N) is 2. The number of ether oxygens (including phenoxy) is 1. The first-order valence-corrected chi connectivity index (χ1v) is 10.5. The van der Waals surface area contributed by atoms with Gasteiger partial charge in [0.15, 0.2) is 0 Å². The molecule has 2 aromatic rings. The summed E-state index contributed by atoms with van der Waals surface area (Å²) in [6.45, 7) is 3.51. The van der Waals surface area contributed by atoms with E-state index in [9.17, 15) is 9.59 Å². The minimum absolute atomic E-state index is 0.145. The Balaban J connectivity index is 1.48. The second-order valence-electron chi connectivity index (χ2n) is 6.93. The molecule has 1 N–H and O–H groups in total. The third-order valence-corrected chi connectivity index (χ3v) is 5.44. The van der Waals surface area contributed by atoms with Gasteiger partial charge in [-0.15, -0.1) is 0 Å². The standard InChI is InChI=1S/C22H23Cl2N3O3/c1-2-30-18-6-3-15(4-7-18)14-25-26-21(28)16-9-11-27(12-10-16)22(29)19-8-5-17(23)13-20(19)24/h3-8,13-14,16H,2,9-12H2,1H3,(H,26,28)/b25-14-. The predicted octanol–water partition coefficient (Wildman–Crippen LogP) is 4.39. The molecule has 1 saturated heterocycles. The average Bonchev–Trinajstić information content (AvgIpc) is 2.75. The monoisotopic (exact) mass is 447 g/mol. The first-order valence-electron chi connectivity index (χ1n) is 9.78. The number of hydrogen-bond acceptors (Lipinski definition) is 4. The van der Waals surface area contributed by atoms with Crippen molar-refractivity contribution in [1.82, 2.24) is 10.3 Å². The number of amides is 2. The lowest BCUT2D eigenvalue weighted by Crippen LogP contribution is -2.42. The van der Waals surface area contributed by atoms with Gasteiger partial charge in [0.05, 0.1) is 23.4 Å². The Hall–Kier alpha value is -2.57. The average molecular weight is 448 g/mol. The first-order chi connectivity index (χ1) is 14.5. The van der Waals surface area contributed by atoms with Crippen LogP contribution in [0.4, 0.5) is 0 Å². The van der Waals surface area contributed by atoms with Gasteiger partial charge in [0, 0.05) is 24.0 Å². The molecular weight excluding hydrogens is 425 g/mol. The number of benzene rings is 2. The third-order valence-electron chi connectivity index (χ3n) is 4.89. The molecule has 0 unspecified atom stereocenters. The largest absolute Gasteiger partial charge is 0.494 e. The van der Waals surface area contributed by atoms with Crippen molar-refractivity contribution in [3.8, 4) is 5.75 Å². The summed E-state index contributed by atoms with van der Waals surface area (Å²) in [5, 5.41) is 4.85. The van der Waals surface area contributed by atoms with E-state index in [0.717, 1.165) is 11.3 Å². The van der Waals surface area contributed by atoms with Crippen LogP contribution in [-0.4, -0.2) is 42.6 Å². The normalized spacial score (nSPS) is 14.7. The molecule has 0 spiro atoms. The highest BCUT2D eigenvalue weighted by molar-refractivity contribution is 6.36. The van der Waals surface area contributed by atoms with Crippen LogP contribution in [0.25, 0.3) is 0 Å². The summed E-state index contributed by atoms with van der Waals surface area (Å²) in [5.41, 5.74) is 3.87. The quantitative estimate of drug-likeness (QED) is 0.526. The van der Waals surface area contributed by atoms with Gasteiger partial charge in [-0.25, -0.2) is 5.43 Å². The van der Waals surface area contributed by atoms with Crippen LogP contribution in [0.1, 0.15) is 35.7 Å². The molecular formula is C22H23Cl2N3O3. The Labute approximate surface area is 185 Å². The summed E-state index contributed by atoms with van der Waals surface area (Å²) in [4.78, 5) is 26.8. The van der Waals surface area contributed by atoms with Crippen molar-refractivity contribution < 1.29 is 14.3 Å². The number of likely N-dealkylation sites (tertiary alicyclic amines) is 1. The molecule has 1 aliphatic heterocycles. The number of hydrazone groups is 1. The van der Waals surface area contributed by atoms with Gasteiger partial charge in [-0.05, 0) is 67.8 Å². The Morgan fingerprint density at radius 3 is 2.50 bits per heavy atom. The molecule has 1 heterocycles. The maximum atomic E-state index is 12.7. The Kier molecular flexibility index (Phi) is 7.71. The van der Waals surface area contributed by atoms with Gasteiger partial charge in [-0.3, -0.25) is 9.59 Å².